The van der Waals surface area contributed by atoms with Gasteiger partial charge in [0.15, 0.2) is 5.82 Å². The Labute approximate surface area is 233 Å². The highest BCUT2D eigenvalue weighted by molar-refractivity contribution is 6.31. The first kappa shape index (κ1) is 27.3. The van der Waals surface area contributed by atoms with Gasteiger partial charge in [-0.15, -0.1) is 0 Å². The summed E-state index contributed by atoms with van der Waals surface area (Å²) < 4.78 is 29.1. The van der Waals surface area contributed by atoms with Gasteiger partial charge in [-0.2, -0.15) is 0 Å². The third-order valence-corrected chi connectivity index (χ3v) is 7.54. The van der Waals surface area contributed by atoms with Crippen LogP contribution in [0.5, 0.6) is 0 Å². The fraction of sp³-hybridized carbons (Fsp3) is 0.286. The molecule has 5 rings (SSSR count). The van der Waals surface area contributed by atoms with Crippen molar-refractivity contribution in [3.05, 3.63) is 70.5 Å². The van der Waals surface area contributed by atoms with Gasteiger partial charge in [0, 0.05) is 29.8 Å². The number of aromatic nitrogens is 2. The second-order valence-corrected chi connectivity index (χ2v) is 10.3. The van der Waals surface area contributed by atoms with Gasteiger partial charge < -0.3 is 20.3 Å². The molecule has 0 spiro atoms. The van der Waals surface area contributed by atoms with Crippen LogP contribution >= 0.6 is 11.6 Å². The Morgan fingerprint density at radius 1 is 1.20 bits per heavy atom. The Balaban J connectivity index is 1.50. The molecular formula is C28H26ClF2N5O4. The second kappa shape index (κ2) is 11.1. The standard InChI is InChI=1S/C28H26ClF2N5O4/c1-14-3-2-4-22(36-10-9-15(11-23(36)37)24-19(30)8-7-18(29)25(24)31)21-13-32-26(34-21)17-6-5-16(33-28(39)40)12-20(17)35-27(14)38/h5-8,11-14,22,33H,2-4,9-10H2,1H3,(H,32,34)(H,35,38)(H,39,40)/t14-,22-/m1/s1. The molecule has 4 N–H and O–H groups in total. The zero-order valence-electron chi connectivity index (χ0n) is 21.4. The molecule has 3 amide bonds. The van der Waals surface area contributed by atoms with Crippen LogP contribution in [0.3, 0.4) is 0 Å². The van der Waals surface area contributed by atoms with E-state index in [1.54, 1.807) is 30.2 Å². The van der Waals surface area contributed by atoms with Crippen LogP contribution in [-0.4, -0.2) is 44.4 Å². The molecule has 9 nitrogen and oxygen atoms in total. The number of carboxylic acid groups (broad SMARTS) is 1. The summed E-state index contributed by atoms with van der Waals surface area (Å²) in [5, 5.41) is 14.0. The minimum Gasteiger partial charge on any atom is -0.465 e. The number of halogens is 3. The largest absolute Gasteiger partial charge is 0.465 e. The van der Waals surface area contributed by atoms with Crippen LogP contribution in [0.4, 0.5) is 25.0 Å². The molecule has 0 fully saturated rings. The number of carbonyl (C=O) groups is 3. The number of hydrogen-bond acceptors (Lipinski definition) is 4. The number of rotatable bonds is 3. The molecular weight excluding hydrogens is 544 g/mol. The van der Waals surface area contributed by atoms with Gasteiger partial charge in [0.1, 0.15) is 11.6 Å². The molecule has 2 bridgehead atoms. The summed E-state index contributed by atoms with van der Waals surface area (Å²) in [5.41, 5.74) is 1.82. The molecule has 2 atom stereocenters. The van der Waals surface area contributed by atoms with Crippen LogP contribution in [0, 0.1) is 17.6 Å². The topological polar surface area (TPSA) is 127 Å². The van der Waals surface area contributed by atoms with Crippen molar-refractivity contribution >= 4 is 46.5 Å². The zero-order valence-corrected chi connectivity index (χ0v) is 22.2. The average molecular weight is 570 g/mol. The summed E-state index contributed by atoms with van der Waals surface area (Å²) in [7, 11) is 0. The van der Waals surface area contributed by atoms with Crippen LogP contribution in [-0.2, 0) is 9.59 Å². The lowest BCUT2D eigenvalue weighted by Gasteiger charge is -2.34. The number of carbonyl (C=O) groups excluding carboxylic acids is 2. The first-order valence-electron chi connectivity index (χ1n) is 12.8. The monoisotopic (exact) mass is 569 g/mol. The third kappa shape index (κ3) is 5.42. The van der Waals surface area contributed by atoms with Crippen molar-refractivity contribution in [1.82, 2.24) is 14.9 Å². The van der Waals surface area contributed by atoms with Gasteiger partial charge in [-0.25, -0.2) is 18.6 Å². The van der Waals surface area contributed by atoms with Gasteiger partial charge in [-0.3, -0.25) is 14.9 Å². The number of anilines is 2. The lowest BCUT2D eigenvalue weighted by Crippen LogP contribution is -2.37. The maximum absolute atomic E-state index is 14.6. The normalized spacial score (nSPS) is 19.6. The van der Waals surface area contributed by atoms with Gasteiger partial charge in [0.05, 0.1) is 34.2 Å². The number of aromatic amines is 1. The minimum atomic E-state index is -1.24. The molecule has 0 unspecified atom stereocenters. The Bertz CT molecular complexity index is 1540. The van der Waals surface area contributed by atoms with E-state index in [0.29, 0.717) is 42.0 Å². The molecule has 40 heavy (non-hydrogen) atoms. The van der Waals surface area contributed by atoms with E-state index in [0.717, 1.165) is 12.1 Å². The van der Waals surface area contributed by atoms with Crippen molar-refractivity contribution in [2.24, 2.45) is 5.92 Å². The van der Waals surface area contributed by atoms with Crippen molar-refractivity contribution < 1.29 is 28.3 Å². The Morgan fingerprint density at radius 3 is 2.75 bits per heavy atom. The summed E-state index contributed by atoms with van der Waals surface area (Å²) in [4.78, 5) is 46.8. The number of nitrogens with zero attached hydrogens (tertiary/aromatic N) is 2. The van der Waals surface area contributed by atoms with Crippen LogP contribution in [0.25, 0.3) is 17.0 Å². The zero-order chi connectivity index (χ0) is 28.6. The lowest BCUT2D eigenvalue weighted by atomic mass is 9.94. The third-order valence-electron chi connectivity index (χ3n) is 7.24. The fourth-order valence-corrected chi connectivity index (χ4v) is 5.32. The van der Waals surface area contributed by atoms with Gasteiger partial charge in [-0.05, 0) is 55.2 Å². The molecule has 0 saturated carbocycles. The van der Waals surface area contributed by atoms with E-state index < -0.39 is 29.7 Å². The van der Waals surface area contributed by atoms with Crippen LogP contribution in [0.2, 0.25) is 5.02 Å². The van der Waals surface area contributed by atoms with E-state index in [-0.39, 0.29) is 46.6 Å². The number of hydrogen-bond donors (Lipinski definition) is 4. The fourth-order valence-electron chi connectivity index (χ4n) is 5.16. The molecule has 0 radical (unpaired) electrons. The first-order valence-corrected chi connectivity index (χ1v) is 13.2. The molecule has 3 aromatic rings. The summed E-state index contributed by atoms with van der Waals surface area (Å²) in [6.07, 6.45) is 3.53. The first-order chi connectivity index (χ1) is 19.1. The summed E-state index contributed by atoms with van der Waals surface area (Å²) in [6.45, 7) is 2.01. The van der Waals surface area contributed by atoms with Gasteiger partial charge in [0.25, 0.3) is 0 Å². The highest BCUT2D eigenvalue weighted by atomic mass is 35.5. The predicted molar refractivity (Wildman–Crippen MR) is 146 cm³/mol. The molecule has 1 aromatic heterocycles. The smallest absolute Gasteiger partial charge is 0.409 e. The molecule has 12 heteroatoms. The number of H-pyrrole nitrogens is 1. The van der Waals surface area contributed by atoms with Crippen molar-refractivity contribution in [3.63, 3.8) is 0 Å². The molecule has 208 valence electrons. The van der Waals surface area contributed by atoms with Crippen LogP contribution < -0.4 is 10.6 Å². The molecule has 0 saturated heterocycles. The van der Waals surface area contributed by atoms with Crippen LogP contribution in [0.1, 0.15) is 49.9 Å². The lowest BCUT2D eigenvalue weighted by molar-refractivity contribution is -0.129. The van der Waals surface area contributed by atoms with E-state index in [1.807, 2.05) is 0 Å². The van der Waals surface area contributed by atoms with Gasteiger partial charge >= 0.3 is 6.09 Å². The Hall–Kier alpha value is -4.25. The summed E-state index contributed by atoms with van der Waals surface area (Å²) in [6, 6.07) is 6.51. The van der Waals surface area contributed by atoms with Crippen molar-refractivity contribution in [1.29, 1.82) is 0 Å². The number of fused-ring (bicyclic) bond motifs is 4. The quantitative estimate of drug-likeness (QED) is 0.279. The molecule has 2 aliphatic rings. The Kier molecular flexibility index (Phi) is 7.57. The molecule has 2 aliphatic heterocycles. The van der Waals surface area contributed by atoms with E-state index in [1.165, 1.54) is 12.1 Å². The maximum Gasteiger partial charge on any atom is 0.409 e. The molecule has 0 aliphatic carbocycles. The average Bonchev–Trinajstić information content (AvgIpc) is 3.38. The summed E-state index contributed by atoms with van der Waals surface area (Å²) in [5.74, 6) is -2.25. The molecule has 3 heterocycles. The minimum absolute atomic E-state index is 0.214. The van der Waals surface area contributed by atoms with E-state index in [2.05, 4.69) is 20.6 Å². The van der Waals surface area contributed by atoms with Crippen molar-refractivity contribution in [3.8, 4) is 11.4 Å². The van der Waals surface area contributed by atoms with E-state index in [9.17, 15) is 23.2 Å². The Morgan fingerprint density at radius 2 is 2.00 bits per heavy atom. The number of amides is 3. The van der Waals surface area contributed by atoms with Crippen LogP contribution in [0.15, 0.2) is 42.6 Å². The van der Waals surface area contributed by atoms with Gasteiger partial charge in [0.2, 0.25) is 11.8 Å². The van der Waals surface area contributed by atoms with Crippen molar-refractivity contribution in [2.75, 3.05) is 17.2 Å². The number of benzene rings is 2. The highest BCUT2D eigenvalue weighted by Crippen LogP contribution is 2.37. The van der Waals surface area contributed by atoms with E-state index in [4.69, 9.17) is 16.7 Å². The second-order valence-electron chi connectivity index (χ2n) is 9.88. The number of nitrogens with one attached hydrogen (secondary N) is 3. The number of imidazole rings is 1. The van der Waals surface area contributed by atoms with E-state index >= 15 is 0 Å². The van der Waals surface area contributed by atoms with Crippen molar-refractivity contribution in [2.45, 2.75) is 38.6 Å². The SMILES string of the molecule is C[C@@H]1CCC[C@@H](N2CCC(c3c(F)ccc(Cl)c3F)=CC2=O)c2cnc([nH]2)-c2ccc(NC(=O)O)cc2NC1=O. The summed E-state index contributed by atoms with van der Waals surface area (Å²) >= 11 is 5.86. The molecule has 2 aromatic carbocycles. The highest BCUT2D eigenvalue weighted by Gasteiger charge is 2.31. The van der Waals surface area contributed by atoms with Gasteiger partial charge in [-0.1, -0.05) is 24.9 Å². The predicted octanol–water partition coefficient (Wildman–Crippen LogP) is 6.21. The maximum atomic E-state index is 14.6.